The van der Waals surface area contributed by atoms with Crippen molar-refractivity contribution in [3.8, 4) is 0 Å². The van der Waals surface area contributed by atoms with Gasteiger partial charge in [0.25, 0.3) is 0 Å². The van der Waals surface area contributed by atoms with Crippen LogP contribution in [0, 0.1) is 0 Å². The van der Waals surface area contributed by atoms with Gasteiger partial charge in [0.15, 0.2) is 0 Å². The monoisotopic (exact) mass is 176 g/mol. The predicted molar refractivity (Wildman–Crippen MR) is 53.3 cm³/mol. The third kappa shape index (κ3) is 9.92. The van der Waals surface area contributed by atoms with Crippen LogP contribution < -0.4 is 0 Å². The molecule has 0 fully saturated rings. The number of unbranched alkanes of at least 4 members (excludes halogenated alkanes) is 4. The van der Waals surface area contributed by atoms with Gasteiger partial charge in [-0.2, -0.15) is 0 Å². The molecule has 0 aliphatic heterocycles. The summed E-state index contributed by atoms with van der Waals surface area (Å²) in [5.74, 6) is 0. The van der Waals surface area contributed by atoms with Crippen LogP contribution >= 0.6 is 0 Å². The maximum absolute atomic E-state index is 9.21. The molecule has 12 heavy (non-hydrogen) atoms. The van der Waals surface area contributed by atoms with Gasteiger partial charge in [-0.1, -0.05) is 46.0 Å². The van der Waals surface area contributed by atoms with Crippen molar-refractivity contribution in [1.82, 2.24) is 0 Å². The Morgan fingerprint density at radius 3 is 2.08 bits per heavy atom. The Bertz CT molecular complexity index is 74.2. The molecule has 0 radical (unpaired) electrons. The van der Waals surface area contributed by atoms with Crippen molar-refractivity contribution in [3.63, 3.8) is 0 Å². The average molecular weight is 176 g/mol. The molecule has 0 saturated heterocycles. The molecule has 0 spiro atoms. The highest BCUT2D eigenvalue weighted by Gasteiger charge is 1.98. The lowest BCUT2D eigenvalue weighted by molar-refractivity contribution is 0.156. The summed E-state index contributed by atoms with van der Waals surface area (Å²) in [4.78, 5) is 0. The molecule has 1 atom stereocenters. The molecule has 2 nitrogen and oxygen atoms in total. The minimum Gasteiger partial charge on any atom is -0.412 e. The molecule has 0 saturated carbocycles. The molecule has 0 aromatic carbocycles. The highest BCUT2D eigenvalue weighted by atomic mass is 16.3. The van der Waals surface area contributed by atoms with Gasteiger partial charge in [-0.25, -0.2) is 0 Å². The first-order valence-corrected chi connectivity index (χ1v) is 4.99. The third-order valence-corrected chi connectivity index (χ3v) is 2.11. The zero-order valence-electron chi connectivity index (χ0n) is 8.47. The second-order valence-electron chi connectivity index (χ2n) is 3.26. The van der Waals surface area contributed by atoms with Gasteiger partial charge >= 0.3 is 0 Å². The van der Waals surface area contributed by atoms with Crippen LogP contribution in [0.5, 0.6) is 0 Å². The fourth-order valence-corrected chi connectivity index (χ4v) is 1.19. The van der Waals surface area contributed by atoms with Crippen LogP contribution in [0.1, 0.15) is 58.8 Å². The Balaban J connectivity index is 0. The molecule has 1 unspecified atom stereocenters. The van der Waals surface area contributed by atoms with Crippen LogP contribution in [0.25, 0.3) is 0 Å². The Hall–Kier alpha value is -0.0800. The Kier molecular flexibility index (Phi) is 13.1. The van der Waals surface area contributed by atoms with Gasteiger partial charge in [0, 0.05) is 0 Å². The fraction of sp³-hybridized carbons (Fsp3) is 1.00. The van der Waals surface area contributed by atoms with E-state index in [1.807, 2.05) is 6.92 Å². The first-order chi connectivity index (χ1) is 5.31. The average Bonchev–Trinajstić information content (AvgIpc) is 2.04. The number of rotatable bonds is 7. The Morgan fingerprint density at radius 1 is 1.00 bits per heavy atom. The van der Waals surface area contributed by atoms with Gasteiger partial charge in [0.2, 0.25) is 0 Å². The molecule has 0 aromatic rings. The molecule has 0 rings (SSSR count). The molecule has 0 amide bonds. The summed E-state index contributed by atoms with van der Waals surface area (Å²) >= 11 is 0. The van der Waals surface area contributed by atoms with Gasteiger partial charge in [-0.05, 0) is 12.8 Å². The maximum Gasteiger partial charge on any atom is 0.0537 e. The Morgan fingerprint density at radius 2 is 1.58 bits per heavy atom. The molecule has 0 aliphatic rings. The number of aliphatic hydroxyl groups is 1. The smallest absolute Gasteiger partial charge is 0.0537 e. The summed E-state index contributed by atoms with van der Waals surface area (Å²) in [6.45, 7) is 4.26. The van der Waals surface area contributed by atoms with Gasteiger partial charge in [-0.15, -0.1) is 0 Å². The van der Waals surface area contributed by atoms with E-state index in [0.29, 0.717) is 0 Å². The van der Waals surface area contributed by atoms with Gasteiger partial charge in [-0.3, -0.25) is 0 Å². The zero-order chi connectivity index (χ0) is 8.53. The molecule has 3 N–H and O–H groups in total. The molecule has 0 aromatic heterocycles. The molecular formula is C10H24O2. The van der Waals surface area contributed by atoms with Crippen LogP contribution in [0.2, 0.25) is 0 Å². The van der Waals surface area contributed by atoms with Crippen LogP contribution in [-0.4, -0.2) is 16.7 Å². The summed E-state index contributed by atoms with van der Waals surface area (Å²) in [5, 5.41) is 9.21. The van der Waals surface area contributed by atoms with Crippen LogP contribution in [0.4, 0.5) is 0 Å². The van der Waals surface area contributed by atoms with Crippen molar-refractivity contribution in [2.45, 2.75) is 64.9 Å². The Labute approximate surface area is 76.3 Å². The van der Waals surface area contributed by atoms with Crippen LogP contribution in [-0.2, 0) is 0 Å². The van der Waals surface area contributed by atoms with E-state index in [0.717, 1.165) is 12.8 Å². The summed E-state index contributed by atoms with van der Waals surface area (Å²) in [6.07, 6.45) is 8.36. The standard InChI is InChI=1S/C10H22O.H2O/c1-3-5-6-7-8-9-10(11)4-2;/h10-11H,3-9H2,1-2H3;1H2. The number of hydrogen-bond acceptors (Lipinski definition) is 1. The quantitative estimate of drug-likeness (QED) is 0.594. The molecule has 0 bridgehead atoms. The van der Waals surface area contributed by atoms with Crippen molar-refractivity contribution >= 4 is 0 Å². The largest absolute Gasteiger partial charge is 0.412 e. The van der Waals surface area contributed by atoms with E-state index >= 15 is 0 Å². The number of hydrogen-bond donors (Lipinski definition) is 1. The van der Waals surface area contributed by atoms with Crippen LogP contribution in [0.3, 0.4) is 0 Å². The van der Waals surface area contributed by atoms with Gasteiger partial charge < -0.3 is 10.6 Å². The van der Waals surface area contributed by atoms with Crippen molar-refractivity contribution in [2.24, 2.45) is 0 Å². The van der Waals surface area contributed by atoms with E-state index < -0.39 is 0 Å². The summed E-state index contributed by atoms with van der Waals surface area (Å²) in [6, 6.07) is 0. The first kappa shape index (κ1) is 14.4. The van der Waals surface area contributed by atoms with E-state index in [1.165, 1.54) is 32.1 Å². The minimum atomic E-state index is -0.0448. The van der Waals surface area contributed by atoms with E-state index in [-0.39, 0.29) is 11.6 Å². The van der Waals surface area contributed by atoms with Crippen molar-refractivity contribution < 1.29 is 10.6 Å². The lowest BCUT2D eigenvalue weighted by Crippen LogP contribution is -2.03. The SMILES string of the molecule is CCCCCCCC(O)CC.O. The number of aliphatic hydroxyl groups excluding tert-OH is 1. The normalized spacial score (nSPS) is 12.2. The molecule has 76 valence electrons. The van der Waals surface area contributed by atoms with E-state index in [9.17, 15) is 5.11 Å². The summed E-state index contributed by atoms with van der Waals surface area (Å²) in [5.41, 5.74) is 0. The lowest BCUT2D eigenvalue weighted by Gasteiger charge is -2.05. The molecular weight excluding hydrogens is 152 g/mol. The van der Waals surface area contributed by atoms with E-state index in [2.05, 4.69) is 6.92 Å². The topological polar surface area (TPSA) is 51.7 Å². The molecule has 0 aliphatic carbocycles. The predicted octanol–water partition coefficient (Wildman–Crippen LogP) is 2.29. The van der Waals surface area contributed by atoms with Gasteiger partial charge in [0.1, 0.15) is 0 Å². The van der Waals surface area contributed by atoms with Crippen LogP contribution in [0.15, 0.2) is 0 Å². The highest BCUT2D eigenvalue weighted by molar-refractivity contribution is 4.52. The minimum absolute atomic E-state index is 0. The van der Waals surface area contributed by atoms with Crippen molar-refractivity contribution in [2.75, 3.05) is 0 Å². The second kappa shape index (κ2) is 10.9. The van der Waals surface area contributed by atoms with Gasteiger partial charge in [0.05, 0.1) is 6.10 Å². The third-order valence-electron chi connectivity index (χ3n) is 2.11. The zero-order valence-corrected chi connectivity index (χ0v) is 8.47. The summed E-state index contributed by atoms with van der Waals surface area (Å²) < 4.78 is 0. The van der Waals surface area contributed by atoms with E-state index in [4.69, 9.17) is 0 Å². The van der Waals surface area contributed by atoms with Crippen molar-refractivity contribution in [3.05, 3.63) is 0 Å². The summed E-state index contributed by atoms with van der Waals surface area (Å²) in [7, 11) is 0. The molecule has 0 heterocycles. The fourth-order valence-electron chi connectivity index (χ4n) is 1.19. The second-order valence-corrected chi connectivity index (χ2v) is 3.26. The van der Waals surface area contributed by atoms with Crippen molar-refractivity contribution in [1.29, 1.82) is 0 Å². The maximum atomic E-state index is 9.21. The molecule has 2 heteroatoms. The first-order valence-electron chi connectivity index (χ1n) is 4.99. The highest BCUT2D eigenvalue weighted by Crippen LogP contribution is 2.08. The van der Waals surface area contributed by atoms with E-state index in [1.54, 1.807) is 0 Å². The lowest BCUT2D eigenvalue weighted by atomic mass is 10.1.